The number of amides is 1. The maximum absolute atomic E-state index is 12.9. The molecular formula is C29H28BrCl2N3O3. The summed E-state index contributed by atoms with van der Waals surface area (Å²) in [5.41, 5.74) is 3.07. The fourth-order valence-electron chi connectivity index (χ4n) is 3.72. The Bertz CT molecular complexity index is 1350. The van der Waals surface area contributed by atoms with Crippen molar-refractivity contribution in [1.29, 1.82) is 5.26 Å². The van der Waals surface area contributed by atoms with Gasteiger partial charge in [-0.3, -0.25) is 4.79 Å². The van der Waals surface area contributed by atoms with E-state index in [1.165, 1.54) is 6.08 Å². The van der Waals surface area contributed by atoms with Gasteiger partial charge in [-0.05, 0) is 102 Å². The molecule has 6 nitrogen and oxygen atoms in total. The highest BCUT2D eigenvalue weighted by molar-refractivity contribution is 9.10. The van der Waals surface area contributed by atoms with Crippen molar-refractivity contribution in [2.75, 3.05) is 29.9 Å². The van der Waals surface area contributed by atoms with Crippen molar-refractivity contribution in [3.05, 3.63) is 85.8 Å². The number of carbonyl (C=O) groups is 1. The third kappa shape index (κ3) is 7.67. The molecule has 9 heteroatoms. The zero-order valence-electron chi connectivity index (χ0n) is 21.4. The van der Waals surface area contributed by atoms with Gasteiger partial charge >= 0.3 is 0 Å². The molecule has 0 radical (unpaired) electrons. The summed E-state index contributed by atoms with van der Waals surface area (Å²) in [6.07, 6.45) is 1.51. The van der Waals surface area contributed by atoms with Crippen LogP contribution in [0.5, 0.6) is 11.5 Å². The van der Waals surface area contributed by atoms with Crippen molar-refractivity contribution < 1.29 is 14.3 Å². The molecule has 1 amide bonds. The Morgan fingerprint density at radius 2 is 1.74 bits per heavy atom. The van der Waals surface area contributed by atoms with E-state index in [9.17, 15) is 10.1 Å². The molecule has 3 aromatic carbocycles. The molecule has 1 N–H and O–H groups in total. The summed E-state index contributed by atoms with van der Waals surface area (Å²) in [5, 5.41) is 13.4. The second kappa shape index (κ2) is 14.1. The SMILES string of the molecule is CCOc1cc(/C=C(/C#N)C(=O)Nc2ccc(N(CC)CC)cc2)cc(Br)c1OCc1ccc(Cl)c(Cl)c1. The van der Waals surface area contributed by atoms with Gasteiger partial charge in [-0.2, -0.15) is 5.26 Å². The first-order valence-corrected chi connectivity index (χ1v) is 13.7. The Hall–Kier alpha value is -3.18. The first-order valence-electron chi connectivity index (χ1n) is 12.1. The van der Waals surface area contributed by atoms with Gasteiger partial charge in [0.25, 0.3) is 5.91 Å². The number of halogens is 3. The van der Waals surface area contributed by atoms with E-state index >= 15 is 0 Å². The third-order valence-corrected chi connectivity index (χ3v) is 6.96. The number of nitriles is 1. The molecule has 0 unspecified atom stereocenters. The number of rotatable bonds is 11. The zero-order chi connectivity index (χ0) is 27.7. The summed E-state index contributed by atoms with van der Waals surface area (Å²) in [6.45, 7) is 8.46. The molecule has 38 heavy (non-hydrogen) atoms. The van der Waals surface area contributed by atoms with Gasteiger partial charge in [0, 0.05) is 24.5 Å². The fourth-order valence-corrected chi connectivity index (χ4v) is 4.61. The lowest BCUT2D eigenvalue weighted by molar-refractivity contribution is -0.112. The van der Waals surface area contributed by atoms with Crippen LogP contribution >= 0.6 is 39.1 Å². The highest BCUT2D eigenvalue weighted by Gasteiger charge is 2.15. The maximum Gasteiger partial charge on any atom is 0.266 e. The Labute approximate surface area is 241 Å². The molecule has 0 aliphatic rings. The predicted molar refractivity (Wildman–Crippen MR) is 158 cm³/mol. The monoisotopic (exact) mass is 615 g/mol. The van der Waals surface area contributed by atoms with Crippen LogP contribution in [-0.4, -0.2) is 25.6 Å². The van der Waals surface area contributed by atoms with Crippen molar-refractivity contribution in [3.8, 4) is 17.6 Å². The van der Waals surface area contributed by atoms with E-state index in [0.717, 1.165) is 24.3 Å². The quantitative estimate of drug-likeness (QED) is 0.174. The maximum atomic E-state index is 12.9. The van der Waals surface area contributed by atoms with E-state index in [4.69, 9.17) is 32.7 Å². The minimum absolute atomic E-state index is 0.0448. The van der Waals surface area contributed by atoms with Crippen LogP contribution in [0.3, 0.4) is 0 Å². The Kier molecular flexibility index (Phi) is 10.9. The number of hydrogen-bond donors (Lipinski definition) is 1. The lowest BCUT2D eigenvalue weighted by Crippen LogP contribution is -2.21. The largest absolute Gasteiger partial charge is 0.490 e. The minimum atomic E-state index is -0.503. The van der Waals surface area contributed by atoms with Crippen molar-refractivity contribution in [1.82, 2.24) is 0 Å². The summed E-state index contributed by atoms with van der Waals surface area (Å²) in [7, 11) is 0. The van der Waals surface area contributed by atoms with E-state index < -0.39 is 5.91 Å². The van der Waals surface area contributed by atoms with Gasteiger partial charge < -0.3 is 19.7 Å². The van der Waals surface area contributed by atoms with Crippen LogP contribution in [0.4, 0.5) is 11.4 Å². The molecule has 0 aliphatic heterocycles. The normalized spacial score (nSPS) is 11.0. The molecule has 0 fully saturated rings. The standard InChI is InChI=1S/C29H28BrCl2N3O3/c1-4-35(5-2)23-10-8-22(9-11-23)34-29(36)21(17-33)13-20-14-24(30)28(27(16-20)37-6-3)38-18-19-7-12-25(31)26(32)15-19/h7-16H,4-6,18H2,1-3H3,(H,34,36)/b21-13-. The second-order valence-electron chi connectivity index (χ2n) is 8.14. The summed E-state index contributed by atoms with van der Waals surface area (Å²) in [5.74, 6) is 0.460. The minimum Gasteiger partial charge on any atom is -0.490 e. The molecule has 0 saturated carbocycles. The number of ether oxygens (including phenoxy) is 2. The van der Waals surface area contributed by atoms with E-state index in [0.29, 0.717) is 43.9 Å². The Balaban J connectivity index is 1.80. The molecule has 198 valence electrons. The highest BCUT2D eigenvalue weighted by Crippen LogP contribution is 2.38. The Morgan fingerprint density at radius 1 is 1.03 bits per heavy atom. The summed E-state index contributed by atoms with van der Waals surface area (Å²) in [4.78, 5) is 15.1. The third-order valence-electron chi connectivity index (χ3n) is 5.63. The van der Waals surface area contributed by atoms with E-state index in [2.05, 4.69) is 40.0 Å². The number of carbonyl (C=O) groups excluding carboxylic acids is 1. The predicted octanol–water partition coefficient (Wildman–Crippen LogP) is 8.13. The molecule has 0 saturated heterocycles. The lowest BCUT2D eigenvalue weighted by atomic mass is 10.1. The molecule has 0 atom stereocenters. The zero-order valence-corrected chi connectivity index (χ0v) is 24.5. The topological polar surface area (TPSA) is 74.6 Å². The molecule has 0 spiro atoms. The van der Waals surface area contributed by atoms with Crippen molar-refractivity contribution in [2.45, 2.75) is 27.4 Å². The summed E-state index contributed by atoms with van der Waals surface area (Å²) in [6, 6.07) is 18.3. The average molecular weight is 617 g/mol. The van der Waals surface area contributed by atoms with Crippen molar-refractivity contribution in [2.24, 2.45) is 0 Å². The molecule has 0 aromatic heterocycles. The number of nitrogens with one attached hydrogen (secondary N) is 1. The number of nitrogens with zero attached hydrogens (tertiary/aromatic N) is 2. The first kappa shape index (κ1) is 29.4. The number of anilines is 2. The second-order valence-corrected chi connectivity index (χ2v) is 9.81. The van der Waals surface area contributed by atoms with Crippen LogP contribution in [0, 0.1) is 11.3 Å². The molecule has 0 bridgehead atoms. The number of benzene rings is 3. The molecule has 0 heterocycles. The van der Waals surface area contributed by atoms with Crippen molar-refractivity contribution >= 4 is 62.5 Å². The van der Waals surface area contributed by atoms with Gasteiger partial charge in [0.2, 0.25) is 0 Å². The summed E-state index contributed by atoms with van der Waals surface area (Å²) < 4.78 is 12.4. The van der Waals surface area contributed by atoms with E-state index in [1.54, 1.807) is 24.3 Å². The summed E-state index contributed by atoms with van der Waals surface area (Å²) >= 11 is 15.6. The van der Waals surface area contributed by atoms with Crippen LogP contribution in [0.2, 0.25) is 10.0 Å². The van der Waals surface area contributed by atoms with Crippen LogP contribution in [0.1, 0.15) is 31.9 Å². The average Bonchev–Trinajstić information content (AvgIpc) is 2.90. The van der Waals surface area contributed by atoms with Crippen LogP contribution in [0.25, 0.3) is 6.08 Å². The van der Waals surface area contributed by atoms with Crippen LogP contribution in [-0.2, 0) is 11.4 Å². The Morgan fingerprint density at radius 3 is 2.34 bits per heavy atom. The van der Waals surface area contributed by atoms with Crippen molar-refractivity contribution in [3.63, 3.8) is 0 Å². The fraction of sp³-hybridized carbons (Fsp3) is 0.241. The molecular weight excluding hydrogens is 589 g/mol. The van der Waals surface area contributed by atoms with Crippen LogP contribution < -0.4 is 19.7 Å². The highest BCUT2D eigenvalue weighted by atomic mass is 79.9. The molecule has 3 aromatic rings. The van der Waals surface area contributed by atoms with Gasteiger partial charge in [-0.15, -0.1) is 0 Å². The smallest absolute Gasteiger partial charge is 0.266 e. The number of hydrogen-bond acceptors (Lipinski definition) is 5. The van der Waals surface area contributed by atoms with Crippen LogP contribution in [0.15, 0.2) is 64.6 Å². The van der Waals surface area contributed by atoms with Gasteiger partial charge in [-0.1, -0.05) is 29.3 Å². The first-order chi connectivity index (χ1) is 18.3. The van der Waals surface area contributed by atoms with Gasteiger partial charge in [-0.25, -0.2) is 0 Å². The van der Waals surface area contributed by atoms with Gasteiger partial charge in [0.05, 0.1) is 21.1 Å². The van der Waals surface area contributed by atoms with E-state index in [-0.39, 0.29) is 12.2 Å². The molecule has 3 rings (SSSR count). The lowest BCUT2D eigenvalue weighted by Gasteiger charge is -2.21. The van der Waals surface area contributed by atoms with Gasteiger partial charge in [0.15, 0.2) is 11.5 Å². The molecule has 0 aliphatic carbocycles. The van der Waals surface area contributed by atoms with Gasteiger partial charge in [0.1, 0.15) is 18.2 Å². The van der Waals surface area contributed by atoms with E-state index in [1.807, 2.05) is 43.3 Å².